The fourth-order valence-electron chi connectivity index (χ4n) is 4.90. The van der Waals surface area contributed by atoms with Crippen LogP contribution in [0, 0.1) is 5.82 Å². The van der Waals surface area contributed by atoms with Crippen molar-refractivity contribution in [1.29, 1.82) is 0 Å². The minimum Gasteiger partial charge on any atom is -0.326 e. The number of halogens is 6. The molecule has 2 fully saturated rings. The summed E-state index contributed by atoms with van der Waals surface area (Å²) < 4.78 is 58.9. The first kappa shape index (κ1) is 26.5. The van der Waals surface area contributed by atoms with E-state index in [1.807, 2.05) is 6.07 Å². The van der Waals surface area contributed by atoms with Crippen LogP contribution in [0.25, 0.3) is 28.1 Å². The van der Waals surface area contributed by atoms with Crippen LogP contribution in [0.1, 0.15) is 42.3 Å². The molecule has 4 heterocycles. The van der Waals surface area contributed by atoms with Crippen molar-refractivity contribution in [2.24, 2.45) is 5.73 Å². The highest BCUT2D eigenvalue weighted by Gasteiger charge is 2.46. The SMILES string of the molecule is Cl.Cl.NC1CCN([C@H](c2ccc3nnc(-c4ccc5ccc(C6CC6)c(F)c5n4)n3c2)C(F)(F)F)C1. The van der Waals surface area contributed by atoms with E-state index in [-0.39, 0.29) is 72.6 Å². The van der Waals surface area contributed by atoms with Gasteiger partial charge in [-0.1, -0.05) is 24.3 Å². The number of hydrogen-bond donors (Lipinski definition) is 1. The fraction of sp³-hybridized carbons (Fsp3) is 0.375. The van der Waals surface area contributed by atoms with Crippen LogP contribution < -0.4 is 5.73 Å². The Labute approximate surface area is 216 Å². The first-order valence-corrected chi connectivity index (χ1v) is 11.3. The van der Waals surface area contributed by atoms with E-state index in [0.29, 0.717) is 28.7 Å². The van der Waals surface area contributed by atoms with Crippen molar-refractivity contribution < 1.29 is 17.6 Å². The van der Waals surface area contributed by atoms with Crippen LogP contribution in [0.5, 0.6) is 0 Å². The van der Waals surface area contributed by atoms with Gasteiger partial charge in [-0.2, -0.15) is 13.2 Å². The van der Waals surface area contributed by atoms with Crippen molar-refractivity contribution in [3.63, 3.8) is 0 Å². The van der Waals surface area contributed by atoms with Gasteiger partial charge in [-0.3, -0.25) is 9.30 Å². The Hall–Kier alpha value is -2.53. The van der Waals surface area contributed by atoms with Crippen molar-refractivity contribution in [2.45, 2.75) is 43.4 Å². The van der Waals surface area contributed by atoms with Gasteiger partial charge in [0.05, 0.1) is 0 Å². The molecule has 12 heteroatoms. The van der Waals surface area contributed by atoms with Gasteiger partial charge in [0.1, 0.15) is 17.3 Å². The van der Waals surface area contributed by atoms with E-state index in [9.17, 15) is 13.2 Å². The first-order valence-electron chi connectivity index (χ1n) is 11.3. The molecule has 1 saturated carbocycles. The van der Waals surface area contributed by atoms with Gasteiger partial charge in [0.25, 0.3) is 0 Å². The van der Waals surface area contributed by atoms with Gasteiger partial charge in [0.15, 0.2) is 17.3 Å². The standard InChI is InChI=1S/C24H22F4N6.2ClH/c25-20-17(13-1-2-13)6-3-14-4-7-18(30-21(14)20)23-32-31-19-8-5-15(11-34(19)23)22(24(26,27)28)33-10-9-16(29)12-33;;/h3-8,11,13,16,22H,1-2,9-10,12,29H2;2*1H/t16?,22-;;/m1../s1. The summed E-state index contributed by atoms with van der Waals surface area (Å²) in [7, 11) is 0. The second-order valence-electron chi connectivity index (χ2n) is 9.21. The van der Waals surface area contributed by atoms with Crippen molar-refractivity contribution >= 4 is 41.4 Å². The summed E-state index contributed by atoms with van der Waals surface area (Å²) >= 11 is 0. The molecule has 0 radical (unpaired) electrons. The molecule has 6 rings (SSSR count). The predicted octanol–water partition coefficient (Wildman–Crippen LogP) is 5.44. The van der Waals surface area contributed by atoms with Crippen LogP contribution in [-0.2, 0) is 0 Å². The zero-order valence-corrected chi connectivity index (χ0v) is 20.6. The largest absolute Gasteiger partial charge is 0.408 e. The monoisotopic (exact) mass is 542 g/mol. The highest BCUT2D eigenvalue weighted by molar-refractivity contribution is 5.85. The molecule has 0 spiro atoms. The molecule has 1 saturated heterocycles. The van der Waals surface area contributed by atoms with E-state index in [4.69, 9.17) is 5.73 Å². The third-order valence-corrected chi connectivity index (χ3v) is 6.75. The molecule has 0 bridgehead atoms. The van der Waals surface area contributed by atoms with E-state index in [2.05, 4.69) is 15.2 Å². The van der Waals surface area contributed by atoms with E-state index in [1.54, 1.807) is 18.2 Å². The van der Waals surface area contributed by atoms with Gasteiger partial charge in [0.2, 0.25) is 0 Å². The summed E-state index contributed by atoms with van der Waals surface area (Å²) in [5, 5.41) is 8.90. The van der Waals surface area contributed by atoms with Crippen LogP contribution in [0.2, 0.25) is 0 Å². The Morgan fingerprint density at radius 2 is 1.72 bits per heavy atom. The Kier molecular flexibility index (Phi) is 7.18. The lowest BCUT2D eigenvalue weighted by Crippen LogP contribution is -2.38. The third-order valence-electron chi connectivity index (χ3n) is 6.75. The van der Waals surface area contributed by atoms with Crippen molar-refractivity contribution in [3.8, 4) is 11.5 Å². The Morgan fingerprint density at radius 1 is 0.972 bits per heavy atom. The zero-order chi connectivity index (χ0) is 23.6. The number of pyridine rings is 2. The van der Waals surface area contributed by atoms with Crippen LogP contribution >= 0.6 is 24.8 Å². The topological polar surface area (TPSA) is 72.3 Å². The molecule has 2 atom stereocenters. The lowest BCUT2D eigenvalue weighted by molar-refractivity contribution is -0.183. The van der Waals surface area contributed by atoms with Gasteiger partial charge in [-0.25, -0.2) is 9.37 Å². The molecule has 1 unspecified atom stereocenters. The lowest BCUT2D eigenvalue weighted by Gasteiger charge is -2.30. The van der Waals surface area contributed by atoms with Gasteiger partial charge >= 0.3 is 6.18 Å². The molecule has 4 aromatic rings. The average molecular weight is 543 g/mol. The number of nitrogens with two attached hydrogens (primary N) is 1. The van der Waals surface area contributed by atoms with Crippen LogP contribution in [0.3, 0.4) is 0 Å². The fourth-order valence-corrected chi connectivity index (χ4v) is 4.90. The number of nitrogens with zero attached hydrogens (tertiary/aromatic N) is 5. The van der Waals surface area contributed by atoms with Gasteiger partial charge in [-0.15, -0.1) is 35.0 Å². The minimum absolute atomic E-state index is 0. The van der Waals surface area contributed by atoms with E-state index in [1.165, 1.54) is 27.6 Å². The minimum atomic E-state index is -4.48. The highest BCUT2D eigenvalue weighted by atomic mass is 35.5. The molecule has 1 aliphatic carbocycles. The van der Waals surface area contributed by atoms with Crippen LogP contribution in [0.4, 0.5) is 17.6 Å². The predicted molar refractivity (Wildman–Crippen MR) is 133 cm³/mol. The maximum Gasteiger partial charge on any atom is 0.408 e. The van der Waals surface area contributed by atoms with Crippen LogP contribution in [-0.4, -0.2) is 49.8 Å². The molecular weight excluding hydrogens is 519 g/mol. The van der Waals surface area contributed by atoms with Gasteiger partial charge in [0, 0.05) is 30.7 Å². The highest BCUT2D eigenvalue weighted by Crippen LogP contribution is 2.43. The Bertz CT molecular complexity index is 1400. The maximum atomic E-state index is 15.2. The first-order chi connectivity index (χ1) is 16.3. The summed E-state index contributed by atoms with van der Waals surface area (Å²) in [6, 6.07) is 7.93. The summed E-state index contributed by atoms with van der Waals surface area (Å²) in [6.07, 6.45) is -0.642. The van der Waals surface area contributed by atoms with Crippen molar-refractivity contribution in [3.05, 3.63) is 59.5 Å². The normalized spacial score (nSPS) is 19.3. The van der Waals surface area contributed by atoms with E-state index < -0.39 is 12.2 Å². The van der Waals surface area contributed by atoms with E-state index >= 15 is 4.39 Å². The number of benzene rings is 1. The number of alkyl halides is 3. The van der Waals surface area contributed by atoms with E-state index in [0.717, 1.165) is 12.8 Å². The third kappa shape index (κ3) is 4.63. The second kappa shape index (κ2) is 9.74. The number of aromatic nitrogens is 4. The molecule has 36 heavy (non-hydrogen) atoms. The Balaban J connectivity index is 0.00000152. The maximum absolute atomic E-state index is 15.2. The zero-order valence-electron chi connectivity index (χ0n) is 19.0. The quantitative estimate of drug-likeness (QED) is 0.347. The molecule has 2 aliphatic rings. The second-order valence-corrected chi connectivity index (χ2v) is 9.21. The molecule has 1 aliphatic heterocycles. The Morgan fingerprint density at radius 3 is 2.39 bits per heavy atom. The molecule has 1 aromatic carbocycles. The van der Waals surface area contributed by atoms with Crippen molar-refractivity contribution in [2.75, 3.05) is 13.1 Å². The smallest absolute Gasteiger partial charge is 0.326 e. The summed E-state index contributed by atoms with van der Waals surface area (Å²) in [5.74, 6) is 0.136. The van der Waals surface area contributed by atoms with Gasteiger partial charge in [-0.05, 0) is 48.4 Å². The van der Waals surface area contributed by atoms with Crippen LogP contribution in [0.15, 0.2) is 42.6 Å². The summed E-state index contributed by atoms with van der Waals surface area (Å²) in [6.45, 7) is 0.444. The number of fused-ring (bicyclic) bond motifs is 2. The average Bonchev–Trinajstić information content (AvgIpc) is 3.42. The van der Waals surface area contributed by atoms with Gasteiger partial charge < -0.3 is 5.73 Å². The molecule has 192 valence electrons. The molecule has 3 aromatic heterocycles. The number of likely N-dealkylation sites (tertiary alicyclic amines) is 1. The number of hydrogen-bond acceptors (Lipinski definition) is 5. The number of rotatable bonds is 4. The lowest BCUT2D eigenvalue weighted by atomic mass is 10.1. The van der Waals surface area contributed by atoms with Crippen molar-refractivity contribution in [1.82, 2.24) is 24.5 Å². The summed E-state index contributed by atoms with van der Waals surface area (Å²) in [4.78, 5) is 5.86. The molecule has 0 amide bonds. The molecule has 6 nitrogen and oxygen atoms in total. The molecule has 2 N–H and O–H groups in total. The summed E-state index contributed by atoms with van der Waals surface area (Å²) in [5.41, 5.74) is 7.55. The molecular formula is C24H24Cl2F4N6.